The van der Waals surface area contributed by atoms with Gasteiger partial charge < -0.3 is 14.8 Å². The number of benzene rings is 3. The minimum Gasteiger partial charge on any atom is -0.492 e. The number of nitrogens with zero attached hydrogens (tertiary/aromatic N) is 1. The maximum Gasteiger partial charge on any atom is 0.251 e. The second kappa shape index (κ2) is 10.8. The molecule has 0 unspecified atom stereocenters. The van der Waals surface area contributed by atoms with Gasteiger partial charge in [-0.1, -0.05) is 36.4 Å². The molecule has 0 saturated heterocycles. The van der Waals surface area contributed by atoms with Crippen LogP contribution < -0.4 is 14.8 Å². The van der Waals surface area contributed by atoms with Crippen molar-refractivity contribution in [2.24, 2.45) is 0 Å². The van der Waals surface area contributed by atoms with Crippen LogP contribution in [0.2, 0.25) is 0 Å². The zero-order valence-corrected chi connectivity index (χ0v) is 18.8. The van der Waals surface area contributed by atoms with E-state index in [0.717, 1.165) is 9.87 Å². The first-order valence-electron chi connectivity index (χ1n) is 10.1. The molecule has 0 bridgehead atoms. The molecule has 32 heavy (non-hydrogen) atoms. The number of sulfonamides is 1. The Kier molecular flexibility index (Phi) is 7.86. The standard InChI is InChI=1S/C24H26N2O5S/c1-26(2)32(28,29)23-13-11-21(12-14-23)30-16-15-25-24(27)20-9-6-10-22(17-20)31-18-19-7-4-3-5-8-19/h3-14,17H,15-16,18H2,1-2H3,(H,25,27). The van der Waals surface area contributed by atoms with Crippen molar-refractivity contribution in [1.82, 2.24) is 9.62 Å². The van der Waals surface area contributed by atoms with Crippen LogP contribution >= 0.6 is 0 Å². The largest absolute Gasteiger partial charge is 0.492 e. The van der Waals surface area contributed by atoms with Gasteiger partial charge in [0, 0.05) is 19.7 Å². The first-order valence-corrected chi connectivity index (χ1v) is 11.5. The van der Waals surface area contributed by atoms with Crippen LogP contribution in [-0.2, 0) is 16.6 Å². The summed E-state index contributed by atoms with van der Waals surface area (Å²) in [7, 11) is -0.514. The number of amides is 1. The molecule has 3 aromatic rings. The molecule has 0 aliphatic heterocycles. The molecule has 3 rings (SSSR count). The summed E-state index contributed by atoms with van der Waals surface area (Å²) in [4.78, 5) is 12.6. The summed E-state index contributed by atoms with van der Waals surface area (Å²) < 4.78 is 36.7. The summed E-state index contributed by atoms with van der Waals surface area (Å²) in [5, 5.41) is 2.80. The van der Waals surface area contributed by atoms with Crippen molar-refractivity contribution in [2.75, 3.05) is 27.2 Å². The summed E-state index contributed by atoms with van der Waals surface area (Å²) in [6, 6.07) is 23.0. The fraction of sp³-hybridized carbons (Fsp3) is 0.208. The fourth-order valence-corrected chi connectivity index (χ4v) is 3.72. The molecule has 1 amide bonds. The van der Waals surface area contributed by atoms with E-state index in [2.05, 4.69) is 5.32 Å². The van der Waals surface area contributed by atoms with E-state index in [1.165, 1.54) is 26.2 Å². The number of rotatable bonds is 10. The monoisotopic (exact) mass is 454 g/mol. The molecule has 8 heteroatoms. The Bertz CT molecular complexity index is 1130. The zero-order valence-electron chi connectivity index (χ0n) is 18.0. The third-order valence-electron chi connectivity index (χ3n) is 4.60. The molecule has 0 atom stereocenters. The van der Waals surface area contributed by atoms with Crippen molar-refractivity contribution in [3.8, 4) is 11.5 Å². The lowest BCUT2D eigenvalue weighted by Crippen LogP contribution is -2.28. The molecule has 0 heterocycles. The SMILES string of the molecule is CN(C)S(=O)(=O)c1ccc(OCCNC(=O)c2cccc(OCc3ccccc3)c2)cc1. The Morgan fingerprint density at radius 3 is 2.28 bits per heavy atom. The van der Waals surface area contributed by atoms with Gasteiger partial charge in [0.1, 0.15) is 24.7 Å². The Hall–Kier alpha value is -3.36. The van der Waals surface area contributed by atoms with E-state index in [4.69, 9.17) is 9.47 Å². The summed E-state index contributed by atoms with van der Waals surface area (Å²) in [5.74, 6) is 0.907. The van der Waals surface area contributed by atoms with E-state index in [1.54, 1.807) is 30.3 Å². The molecule has 7 nitrogen and oxygen atoms in total. The molecule has 0 aromatic heterocycles. The first-order chi connectivity index (χ1) is 15.4. The third-order valence-corrected chi connectivity index (χ3v) is 6.43. The van der Waals surface area contributed by atoms with Gasteiger partial charge in [0.25, 0.3) is 5.91 Å². The Labute approximate surface area is 188 Å². The minimum absolute atomic E-state index is 0.192. The lowest BCUT2D eigenvalue weighted by Gasteiger charge is -2.12. The third kappa shape index (κ3) is 6.32. The number of hydrogen-bond acceptors (Lipinski definition) is 5. The van der Waals surface area contributed by atoms with Crippen LogP contribution in [0.4, 0.5) is 0 Å². The molecular formula is C24H26N2O5S. The van der Waals surface area contributed by atoms with Gasteiger partial charge >= 0.3 is 0 Å². The fourth-order valence-electron chi connectivity index (χ4n) is 2.82. The zero-order chi connectivity index (χ0) is 23.0. The summed E-state index contributed by atoms with van der Waals surface area (Å²) >= 11 is 0. The lowest BCUT2D eigenvalue weighted by atomic mass is 10.2. The van der Waals surface area contributed by atoms with Crippen LogP contribution in [-0.4, -0.2) is 45.9 Å². The number of carbonyl (C=O) groups is 1. The number of carbonyl (C=O) groups excluding carboxylic acids is 1. The second-order valence-corrected chi connectivity index (χ2v) is 9.32. The highest BCUT2D eigenvalue weighted by molar-refractivity contribution is 7.89. The predicted molar refractivity (Wildman–Crippen MR) is 122 cm³/mol. The van der Waals surface area contributed by atoms with E-state index in [9.17, 15) is 13.2 Å². The quantitative estimate of drug-likeness (QED) is 0.475. The first kappa shape index (κ1) is 23.3. The Balaban J connectivity index is 1.46. The summed E-state index contributed by atoms with van der Waals surface area (Å²) in [5.41, 5.74) is 1.54. The number of hydrogen-bond donors (Lipinski definition) is 1. The van der Waals surface area contributed by atoms with Crippen LogP contribution in [0, 0.1) is 0 Å². The highest BCUT2D eigenvalue weighted by atomic mass is 32.2. The van der Waals surface area contributed by atoms with E-state index in [-0.39, 0.29) is 17.4 Å². The lowest BCUT2D eigenvalue weighted by molar-refractivity contribution is 0.0946. The average Bonchev–Trinajstić information content (AvgIpc) is 2.81. The Morgan fingerprint density at radius 2 is 1.59 bits per heavy atom. The highest BCUT2D eigenvalue weighted by Crippen LogP contribution is 2.18. The molecule has 0 radical (unpaired) electrons. The molecule has 3 aromatic carbocycles. The molecule has 1 N–H and O–H groups in total. The topological polar surface area (TPSA) is 84.9 Å². The molecule has 0 saturated carbocycles. The van der Waals surface area contributed by atoms with Gasteiger partial charge in [0.05, 0.1) is 11.4 Å². The molecule has 0 aliphatic carbocycles. The molecule has 0 fully saturated rings. The highest BCUT2D eigenvalue weighted by Gasteiger charge is 2.16. The number of nitrogens with one attached hydrogen (secondary N) is 1. The van der Waals surface area contributed by atoms with E-state index in [0.29, 0.717) is 30.2 Å². The maximum absolute atomic E-state index is 12.4. The van der Waals surface area contributed by atoms with Gasteiger partial charge in [-0.15, -0.1) is 0 Å². The van der Waals surface area contributed by atoms with E-state index >= 15 is 0 Å². The van der Waals surface area contributed by atoms with Crippen molar-refractivity contribution in [3.05, 3.63) is 90.0 Å². The average molecular weight is 455 g/mol. The van der Waals surface area contributed by atoms with Gasteiger partial charge in [-0.2, -0.15) is 0 Å². The van der Waals surface area contributed by atoms with E-state index < -0.39 is 10.0 Å². The summed E-state index contributed by atoms with van der Waals surface area (Å²) in [6.45, 7) is 0.968. The van der Waals surface area contributed by atoms with E-state index in [1.807, 2.05) is 36.4 Å². The van der Waals surface area contributed by atoms with Crippen LogP contribution in [0.25, 0.3) is 0 Å². The van der Waals surface area contributed by atoms with Gasteiger partial charge in [0.15, 0.2) is 0 Å². The van der Waals surface area contributed by atoms with Crippen LogP contribution in [0.5, 0.6) is 11.5 Å². The minimum atomic E-state index is -3.47. The molecule has 168 valence electrons. The second-order valence-electron chi connectivity index (χ2n) is 7.17. The summed E-state index contributed by atoms with van der Waals surface area (Å²) in [6.07, 6.45) is 0. The predicted octanol–water partition coefficient (Wildman–Crippen LogP) is 3.32. The normalized spacial score (nSPS) is 11.2. The van der Waals surface area contributed by atoms with Crippen molar-refractivity contribution in [1.29, 1.82) is 0 Å². The van der Waals surface area contributed by atoms with Gasteiger partial charge in [-0.25, -0.2) is 12.7 Å². The van der Waals surface area contributed by atoms with Crippen LogP contribution in [0.15, 0.2) is 83.8 Å². The smallest absolute Gasteiger partial charge is 0.251 e. The van der Waals surface area contributed by atoms with Crippen molar-refractivity contribution < 1.29 is 22.7 Å². The van der Waals surface area contributed by atoms with Gasteiger partial charge in [0.2, 0.25) is 10.0 Å². The molecule has 0 aliphatic rings. The van der Waals surface area contributed by atoms with Gasteiger partial charge in [-0.05, 0) is 48.0 Å². The van der Waals surface area contributed by atoms with Crippen molar-refractivity contribution >= 4 is 15.9 Å². The molecular weight excluding hydrogens is 428 g/mol. The molecule has 0 spiro atoms. The van der Waals surface area contributed by atoms with Crippen molar-refractivity contribution in [2.45, 2.75) is 11.5 Å². The van der Waals surface area contributed by atoms with Crippen LogP contribution in [0.1, 0.15) is 15.9 Å². The van der Waals surface area contributed by atoms with Crippen molar-refractivity contribution in [3.63, 3.8) is 0 Å². The van der Waals surface area contributed by atoms with Crippen LogP contribution in [0.3, 0.4) is 0 Å². The Morgan fingerprint density at radius 1 is 0.875 bits per heavy atom. The van der Waals surface area contributed by atoms with Gasteiger partial charge in [-0.3, -0.25) is 4.79 Å². The maximum atomic E-state index is 12.4. The number of ether oxygens (including phenoxy) is 2.